The lowest BCUT2D eigenvalue weighted by molar-refractivity contribution is 0.565. The van der Waals surface area contributed by atoms with Crippen molar-refractivity contribution in [2.24, 2.45) is 0 Å². The monoisotopic (exact) mass is 495 g/mol. The molecule has 5 rings (SSSR count). The number of nitrogens with zero attached hydrogens (tertiary/aromatic N) is 4. The maximum Gasteiger partial charge on any atom is 0.174 e. The van der Waals surface area contributed by atoms with E-state index in [1.165, 1.54) is 28.2 Å². The summed E-state index contributed by atoms with van der Waals surface area (Å²) < 4.78 is 2.35. The van der Waals surface area contributed by atoms with Gasteiger partial charge in [-0.05, 0) is 98.2 Å². The van der Waals surface area contributed by atoms with E-state index in [4.69, 9.17) is 17.2 Å². The van der Waals surface area contributed by atoms with E-state index < -0.39 is 0 Å². The predicted molar refractivity (Wildman–Crippen MR) is 153 cm³/mol. The Balaban J connectivity index is 1.63. The molecule has 1 fully saturated rings. The Morgan fingerprint density at radius 3 is 2.25 bits per heavy atom. The molecule has 1 N–H and O–H groups in total. The average molecular weight is 496 g/mol. The van der Waals surface area contributed by atoms with Gasteiger partial charge in [0.25, 0.3) is 0 Å². The largest absolute Gasteiger partial charge is 0.378 e. The molecule has 0 bridgehead atoms. The zero-order valence-corrected chi connectivity index (χ0v) is 22.4. The zero-order chi connectivity index (χ0) is 25.4. The predicted octanol–water partition coefficient (Wildman–Crippen LogP) is 6.29. The van der Waals surface area contributed by atoms with Gasteiger partial charge in [0.05, 0.1) is 17.8 Å². The molecular weight excluding hydrogens is 462 g/mol. The lowest BCUT2D eigenvalue weighted by Gasteiger charge is -2.28. The molecule has 2 aromatic carbocycles. The Hall–Kier alpha value is -3.64. The maximum absolute atomic E-state index is 5.93. The normalized spacial score (nSPS) is 17.4. The van der Waals surface area contributed by atoms with Crippen LogP contribution in [0.2, 0.25) is 0 Å². The highest BCUT2D eigenvalue weighted by molar-refractivity contribution is 7.80. The maximum atomic E-state index is 5.93. The fourth-order valence-electron chi connectivity index (χ4n) is 5.23. The third kappa shape index (κ3) is 4.26. The van der Waals surface area contributed by atoms with Crippen LogP contribution in [0.4, 0.5) is 11.4 Å². The first-order chi connectivity index (χ1) is 17.4. The molecule has 0 radical (unpaired) electrons. The molecule has 0 spiro atoms. The SMILES string of the molecule is CCc1ccc(-n2c(C)cc([C@@H]3[C@@H](c4ccccn4)NC(=S)N3c3ccc(N(C)C)cc3)c2C)cc1. The van der Waals surface area contributed by atoms with E-state index in [9.17, 15) is 0 Å². The Labute approximate surface area is 219 Å². The summed E-state index contributed by atoms with van der Waals surface area (Å²) in [5, 5.41) is 4.30. The van der Waals surface area contributed by atoms with Gasteiger partial charge in [0, 0.05) is 48.7 Å². The highest BCUT2D eigenvalue weighted by Gasteiger charge is 2.42. The highest BCUT2D eigenvalue weighted by atomic mass is 32.1. The minimum Gasteiger partial charge on any atom is -0.378 e. The molecule has 1 saturated heterocycles. The average Bonchev–Trinajstić information content (AvgIpc) is 3.39. The first kappa shape index (κ1) is 24.1. The Kier molecular flexibility index (Phi) is 6.54. The quantitative estimate of drug-likeness (QED) is 0.318. The van der Waals surface area contributed by atoms with Crippen LogP contribution in [0.5, 0.6) is 0 Å². The van der Waals surface area contributed by atoms with Crippen LogP contribution in [0.25, 0.3) is 5.69 Å². The summed E-state index contributed by atoms with van der Waals surface area (Å²) in [6.45, 7) is 6.57. The minimum absolute atomic E-state index is 0.0347. The van der Waals surface area contributed by atoms with Gasteiger partial charge in [-0.3, -0.25) is 4.98 Å². The standard InChI is InChI=1S/C30H33N5S/c1-6-22-10-12-24(13-11-22)34-20(2)19-26(21(34)3)29-28(27-9-7-8-18-31-27)32-30(36)35(29)25-16-14-23(15-17-25)33(4)5/h7-19,28-29H,6H2,1-5H3,(H,32,36)/t28-,29-/m1/s1. The van der Waals surface area contributed by atoms with Crippen LogP contribution in [0.15, 0.2) is 79.0 Å². The third-order valence-corrected chi connectivity index (χ3v) is 7.45. The molecule has 2 atom stereocenters. The number of rotatable bonds is 6. The Morgan fingerprint density at radius 1 is 0.944 bits per heavy atom. The van der Waals surface area contributed by atoms with Crippen molar-refractivity contribution in [3.63, 3.8) is 0 Å². The van der Waals surface area contributed by atoms with Crippen molar-refractivity contribution in [3.8, 4) is 5.69 Å². The van der Waals surface area contributed by atoms with Crippen LogP contribution < -0.4 is 15.1 Å². The molecule has 184 valence electrons. The summed E-state index contributed by atoms with van der Waals surface area (Å²) >= 11 is 5.93. The molecule has 1 aliphatic heterocycles. The second kappa shape index (κ2) is 9.78. The summed E-state index contributed by atoms with van der Waals surface area (Å²) in [4.78, 5) is 9.07. The highest BCUT2D eigenvalue weighted by Crippen LogP contribution is 2.44. The topological polar surface area (TPSA) is 36.3 Å². The molecular formula is C30H33N5S. The molecule has 0 amide bonds. The summed E-state index contributed by atoms with van der Waals surface area (Å²) in [6, 6.07) is 25.7. The number of pyridine rings is 1. The molecule has 5 nitrogen and oxygen atoms in total. The van der Waals surface area contributed by atoms with E-state index in [-0.39, 0.29) is 12.1 Å². The molecule has 36 heavy (non-hydrogen) atoms. The zero-order valence-electron chi connectivity index (χ0n) is 21.6. The second-order valence-corrected chi connectivity index (χ2v) is 9.98. The van der Waals surface area contributed by atoms with Crippen LogP contribution in [0, 0.1) is 13.8 Å². The fraction of sp³-hybridized carbons (Fsp3) is 0.267. The van der Waals surface area contributed by atoms with E-state index in [2.05, 4.69) is 115 Å². The lowest BCUT2D eigenvalue weighted by atomic mass is 9.96. The van der Waals surface area contributed by atoms with E-state index >= 15 is 0 Å². The van der Waals surface area contributed by atoms with Crippen molar-refractivity contribution in [1.29, 1.82) is 0 Å². The molecule has 1 aliphatic rings. The number of aryl methyl sites for hydroxylation is 2. The Bertz CT molecular complexity index is 1360. The van der Waals surface area contributed by atoms with Gasteiger partial charge < -0.3 is 19.7 Å². The summed E-state index contributed by atoms with van der Waals surface area (Å²) in [7, 11) is 4.11. The van der Waals surface area contributed by atoms with E-state index in [1.807, 2.05) is 18.3 Å². The van der Waals surface area contributed by atoms with Gasteiger partial charge >= 0.3 is 0 Å². The second-order valence-electron chi connectivity index (χ2n) is 9.59. The van der Waals surface area contributed by atoms with Gasteiger partial charge in [0.1, 0.15) is 0 Å². The number of aromatic nitrogens is 2. The molecule has 3 heterocycles. The van der Waals surface area contributed by atoms with Gasteiger partial charge in [0.2, 0.25) is 0 Å². The van der Waals surface area contributed by atoms with E-state index in [0.29, 0.717) is 5.11 Å². The van der Waals surface area contributed by atoms with Crippen molar-refractivity contribution in [2.45, 2.75) is 39.3 Å². The number of thiocarbonyl (C=S) groups is 1. The van der Waals surface area contributed by atoms with Crippen LogP contribution in [-0.4, -0.2) is 28.8 Å². The fourth-order valence-corrected chi connectivity index (χ4v) is 5.57. The molecule has 0 unspecified atom stereocenters. The number of nitrogens with one attached hydrogen (secondary N) is 1. The van der Waals surface area contributed by atoms with Gasteiger partial charge in [-0.25, -0.2) is 0 Å². The molecule has 0 saturated carbocycles. The summed E-state index contributed by atoms with van der Waals surface area (Å²) in [5.41, 5.74) is 9.38. The van der Waals surface area contributed by atoms with Gasteiger partial charge in [-0.1, -0.05) is 25.1 Å². The van der Waals surface area contributed by atoms with E-state index in [1.54, 1.807) is 0 Å². The van der Waals surface area contributed by atoms with Crippen LogP contribution in [-0.2, 0) is 6.42 Å². The minimum atomic E-state index is -0.0661. The first-order valence-electron chi connectivity index (χ1n) is 12.4. The van der Waals surface area contributed by atoms with Crippen molar-refractivity contribution < 1.29 is 0 Å². The number of anilines is 2. The van der Waals surface area contributed by atoms with Crippen molar-refractivity contribution in [1.82, 2.24) is 14.9 Å². The smallest absolute Gasteiger partial charge is 0.174 e. The Morgan fingerprint density at radius 2 is 1.64 bits per heavy atom. The number of hydrogen-bond donors (Lipinski definition) is 1. The van der Waals surface area contributed by atoms with Gasteiger partial charge in [0.15, 0.2) is 5.11 Å². The van der Waals surface area contributed by atoms with Crippen molar-refractivity contribution >= 4 is 28.7 Å². The van der Waals surface area contributed by atoms with Gasteiger partial charge in [-0.2, -0.15) is 0 Å². The molecule has 4 aromatic rings. The first-order valence-corrected chi connectivity index (χ1v) is 12.9. The lowest BCUT2D eigenvalue weighted by Crippen LogP contribution is -2.29. The van der Waals surface area contributed by atoms with Crippen molar-refractivity contribution in [2.75, 3.05) is 23.9 Å². The molecule has 6 heteroatoms. The van der Waals surface area contributed by atoms with Crippen LogP contribution >= 0.6 is 12.2 Å². The summed E-state index contributed by atoms with van der Waals surface area (Å²) in [6.07, 6.45) is 2.89. The summed E-state index contributed by atoms with van der Waals surface area (Å²) in [5.74, 6) is 0. The molecule has 0 aliphatic carbocycles. The van der Waals surface area contributed by atoms with Crippen LogP contribution in [0.3, 0.4) is 0 Å². The van der Waals surface area contributed by atoms with Crippen molar-refractivity contribution in [3.05, 3.63) is 107 Å². The number of hydrogen-bond acceptors (Lipinski definition) is 3. The van der Waals surface area contributed by atoms with Crippen LogP contribution in [0.1, 0.15) is 47.2 Å². The number of benzene rings is 2. The molecule has 2 aromatic heterocycles. The van der Waals surface area contributed by atoms with E-state index in [0.717, 1.165) is 23.5 Å². The van der Waals surface area contributed by atoms with Gasteiger partial charge in [-0.15, -0.1) is 0 Å². The third-order valence-electron chi connectivity index (χ3n) is 7.13.